The van der Waals surface area contributed by atoms with Gasteiger partial charge in [0.1, 0.15) is 0 Å². The van der Waals surface area contributed by atoms with Gasteiger partial charge in [-0.2, -0.15) is 13.2 Å². The second-order valence-electron chi connectivity index (χ2n) is 9.89. The molecule has 2 aromatic rings. The molecule has 2 aromatic carbocycles. The molecule has 0 aliphatic carbocycles. The zero-order valence-electron chi connectivity index (χ0n) is 20.5. The van der Waals surface area contributed by atoms with Gasteiger partial charge in [-0.1, -0.05) is 11.8 Å². The summed E-state index contributed by atoms with van der Waals surface area (Å²) in [5.41, 5.74) is 8.40. The molecular formula is C26H35ClF3N5S. The summed E-state index contributed by atoms with van der Waals surface area (Å²) in [6, 6.07) is 9.46. The Labute approximate surface area is 221 Å². The molecule has 0 amide bonds. The molecule has 2 fully saturated rings. The number of rotatable bonds is 5. The number of halogens is 4. The Morgan fingerprint density at radius 1 is 1.06 bits per heavy atom. The maximum Gasteiger partial charge on any atom is 0.416 e. The number of benzene rings is 2. The van der Waals surface area contributed by atoms with Crippen molar-refractivity contribution in [1.29, 1.82) is 0 Å². The van der Waals surface area contributed by atoms with Crippen LogP contribution < -0.4 is 21.3 Å². The smallest absolute Gasteiger partial charge is 0.380 e. The molecule has 0 radical (unpaired) electrons. The molecule has 5 nitrogen and oxygen atoms in total. The Balaban J connectivity index is 0.00000304. The van der Waals surface area contributed by atoms with Gasteiger partial charge in [0.25, 0.3) is 0 Å². The molecule has 1 unspecified atom stereocenters. The molecule has 3 heterocycles. The van der Waals surface area contributed by atoms with Crippen LogP contribution in [0.1, 0.15) is 44.6 Å². The molecule has 4 N–H and O–H groups in total. The van der Waals surface area contributed by atoms with Crippen molar-refractivity contribution >= 4 is 46.9 Å². The Morgan fingerprint density at radius 3 is 2.53 bits per heavy atom. The summed E-state index contributed by atoms with van der Waals surface area (Å²) in [5, 5.41) is 6.89. The summed E-state index contributed by atoms with van der Waals surface area (Å²) in [6.07, 6.45) is 0.944. The van der Waals surface area contributed by atoms with Gasteiger partial charge in [0.15, 0.2) is 0 Å². The second-order valence-corrected chi connectivity index (χ2v) is 11.0. The fourth-order valence-electron chi connectivity index (χ4n) is 5.42. The third kappa shape index (κ3) is 5.85. The van der Waals surface area contributed by atoms with E-state index < -0.39 is 11.7 Å². The number of nitrogens with two attached hydrogens (primary N) is 1. The highest BCUT2D eigenvalue weighted by molar-refractivity contribution is 7.99. The third-order valence-corrected chi connectivity index (χ3v) is 8.50. The number of alkyl halides is 3. The maximum atomic E-state index is 13.8. The van der Waals surface area contributed by atoms with Crippen LogP contribution in [-0.2, 0) is 6.18 Å². The number of anilines is 4. The molecule has 10 heteroatoms. The van der Waals surface area contributed by atoms with Gasteiger partial charge in [-0.05, 0) is 69.4 Å². The van der Waals surface area contributed by atoms with Crippen LogP contribution in [-0.4, -0.2) is 49.7 Å². The van der Waals surface area contributed by atoms with Gasteiger partial charge < -0.3 is 26.2 Å². The van der Waals surface area contributed by atoms with E-state index in [-0.39, 0.29) is 18.4 Å². The average Bonchev–Trinajstić information content (AvgIpc) is 2.83. The Hall–Kier alpha value is -1.81. The van der Waals surface area contributed by atoms with Gasteiger partial charge in [-0.25, -0.2) is 0 Å². The van der Waals surface area contributed by atoms with Gasteiger partial charge in [0.05, 0.1) is 22.6 Å². The minimum Gasteiger partial charge on any atom is -0.380 e. The van der Waals surface area contributed by atoms with Gasteiger partial charge in [0, 0.05) is 60.3 Å². The molecule has 0 aromatic heterocycles. The molecule has 5 rings (SSSR count). The maximum absolute atomic E-state index is 13.8. The Kier molecular flexibility index (Phi) is 8.54. The van der Waals surface area contributed by atoms with Crippen LogP contribution in [0.15, 0.2) is 40.1 Å². The average molecular weight is 542 g/mol. The summed E-state index contributed by atoms with van der Waals surface area (Å²) in [6.45, 7) is 6.55. The molecule has 3 aliphatic rings. The fourth-order valence-corrected chi connectivity index (χ4v) is 6.51. The molecule has 198 valence electrons. The standard InChI is InChI=1S/C26H34F3N5S.ClH/c1-17-4-2-3-10-34(17)20-5-6-21-23(16-20)35-24-15-18(26(27,28)29)14-22(25(24)32-21)31-19-7-11-33(12-8-19)13-9-30;/h5-6,14-17,19,31-32H,2-4,7-13,30H2,1H3;1H. The van der Waals surface area contributed by atoms with E-state index in [0.29, 0.717) is 23.2 Å². The highest BCUT2D eigenvalue weighted by Crippen LogP contribution is 2.50. The lowest BCUT2D eigenvalue weighted by molar-refractivity contribution is -0.137. The van der Waals surface area contributed by atoms with E-state index in [9.17, 15) is 13.2 Å². The number of nitrogens with one attached hydrogen (secondary N) is 2. The van der Waals surface area contributed by atoms with Crippen molar-refractivity contribution in [2.75, 3.05) is 48.3 Å². The van der Waals surface area contributed by atoms with Crippen molar-refractivity contribution in [1.82, 2.24) is 4.90 Å². The van der Waals surface area contributed by atoms with Crippen molar-refractivity contribution in [3.05, 3.63) is 35.9 Å². The van der Waals surface area contributed by atoms with E-state index in [4.69, 9.17) is 5.73 Å². The van der Waals surface area contributed by atoms with Crippen LogP contribution in [0, 0.1) is 0 Å². The molecule has 1 atom stereocenters. The van der Waals surface area contributed by atoms with E-state index in [1.165, 1.54) is 43.2 Å². The van der Waals surface area contributed by atoms with Crippen molar-refractivity contribution in [3.63, 3.8) is 0 Å². The summed E-state index contributed by atoms with van der Waals surface area (Å²) < 4.78 is 41.4. The van der Waals surface area contributed by atoms with Gasteiger partial charge in [-0.15, -0.1) is 12.4 Å². The molecular weight excluding hydrogens is 507 g/mol. The van der Waals surface area contributed by atoms with Gasteiger partial charge >= 0.3 is 6.18 Å². The third-order valence-electron chi connectivity index (χ3n) is 7.40. The van der Waals surface area contributed by atoms with E-state index in [1.807, 2.05) is 0 Å². The summed E-state index contributed by atoms with van der Waals surface area (Å²) in [4.78, 5) is 6.30. The molecule has 0 bridgehead atoms. The number of hydrogen-bond donors (Lipinski definition) is 3. The van der Waals surface area contributed by atoms with Crippen molar-refractivity contribution in [2.24, 2.45) is 5.73 Å². The van der Waals surface area contributed by atoms with E-state index >= 15 is 0 Å². The Morgan fingerprint density at radius 2 is 1.83 bits per heavy atom. The van der Waals surface area contributed by atoms with Crippen LogP contribution in [0.5, 0.6) is 0 Å². The molecule has 3 aliphatic heterocycles. The molecule has 2 saturated heterocycles. The largest absolute Gasteiger partial charge is 0.416 e. The van der Waals surface area contributed by atoms with Gasteiger partial charge in [-0.3, -0.25) is 0 Å². The quantitative estimate of drug-likeness (QED) is 0.340. The zero-order chi connectivity index (χ0) is 24.6. The van der Waals surface area contributed by atoms with Crippen LogP contribution in [0.2, 0.25) is 0 Å². The zero-order valence-corrected chi connectivity index (χ0v) is 22.2. The van der Waals surface area contributed by atoms with Crippen molar-refractivity contribution in [3.8, 4) is 0 Å². The fraction of sp³-hybridized carbons (Fsp3) is 0.538. The minimum atomic E-state index is -4.40. The number of fused-ring (bicyclic) bond motifs is 2. The SMILES string of the molecule is CC1CCCCN1c1ccc2c(c1)Sc1cc(C(F)(F)F)cc(NC3CCN(CCN)CC3)c1N2.Cl. The lowest BCUT2D eigenvalue weighted by atomic mass is 10.0. The van der Waals surface area contributed by atoms with Crippen LogP contribution in [0.25, 0.3) is 0 Å². The van der Waals surface area contributed by atoms with Crippen molar-refractivity contribution < 1.29 is 13.2 Å². The van der Waals surface area contributed by atoms with Crippen molar-refractivity contribution in [2.45, 2.75) is 67.1 Å². The number of nitrogens with zero attached hydrogens (tertiary/aromatic N) is 2. The Bertz CT molecular complexity index is 1060. The summed E-state index contributed by atoms with van der Waals surface area (Å²) in [5.74, 6) is 0. The number of piperidine rings is 2. The second kappa shape index (κ2) is 11.3. The van der Waals surface area contributed by atoms with E-state index in [1.54, 1.807) is 0 Å². The first kappa shape index (κ1) is 27.2. The summed E-state index contributed by atoms with van der Waals surface area (Å²) in [7, 11) is 0. The predicted octanol–water partition coefficient (Wildman–Crippen LogP) is 6.55. The number of likely N-dealkylation sites (tertiary alicyclic amines) is 1. The number of hydrogen-bond acceptors (Lipinski definition) is 6. The first-order valence-electron chi connectivity index (χ1n) is 12.6. The summed E-state index contributed by atoms with van der Waals surface area (Å²) >= 11 is 1.42. The van der Waals surface area contributed by atoms with Crippen LogP contribution >= 0.6 is 24.2 Å². The highest BCUT2D eigenvalue weighted by atomic mass is 35.5. The van der Waals surface area contributed by atoms with Gasteiger partial charge in [0.2, 0.25) is 0 Å². The molecule has 0 spiro atoms. The lowest BCUT2D eigenvalue weighted by Gasteiger charge is -2.36. The van der Waals surface area contributed by atoms with Crippen LogP contribution in [0.4, 0.5) is 35.9 Å². The monoisotopic (exact) mass is 541 g/mol. The first-order chi connectivity index (χ1) is 16.8. The minimum absolute atomic E-state index is 0. The first-order valence-corrected chi connectivity index (χ1v) is 13.4. The molecule has 0 saturated carbocycles. The predicted molar refractivity (Wildman–Crippen MR) is 145 cm³/mol. The topological polar surface area (TPSA) is 56.6 Å². The normalized spacial score (nSPS) is 20.7. The highest BCUT2D eigenvalue weighted by Gasteiger charge is 2.34. The van der Waals surface area contributed by atoms with E-state index in [2.05, 4.69) is 45.6 Å². The molecule has 36 heavy (non-hydrogen) atoms. The van der Waals surface area contributed by atoms with Crippen LogP contribution in [0.3, 0.4) is 0 Å². The lowest BCUT2D eigenvalue weighted by Crippen LogP contribution is -2.41. The van der Waals surface area contributed by atoms with E-state index in [0.717, 1.165) is 61.0 Å².